The fraction of sp³-hybridized carbons (Fsp3) is 0.296. The fourth-order valence-corrected chi connectivity index (χ4v) is 4.87. The van der Waals surface area contributed by atoms with Gasteiger partial charge in [0.15, 0.2) is 11.5 Å². The minimum absolute atomic E-state index is 0.157. The topological polar surface area (TPSA) is 80.7 Å². The molecule has 0 saturated carbocycles. The van der Waals surface area contributed by atoms with Gasteiger partial charge in [0.05, 0.1) is 37.5 Å². The molecule has 2 amide bonds. The Hall–Kier alpha value is -3.76. The molecule has 2 heterocycles. The number of thiophene rings is 1. The summed E-state index contributed by atoms with van der Waals surface area (Å²) in [6, 6.07) is 14.4. The highest BCUT2D eigenvalue weighted by Gasteiger charge is 2.35. The molecular formula is C27H28FN3O5S. The van der Waals surface area contributed by atoms with Crippen LogP contribution in [0.4, 0.5) is 4.39 Å². The van der Waals surface area contributed by atoms with Crippen molar-refractivity contribution in [2.24, 2.45) is 5.10 Å². The number of nitrogens with zero attached hydrogens (tertiary/aromatic N) is 3. The molecule has 8 nitrogen and oxygen atoms in total. The standard InChI is InChI=1S/C27H28FN3O5S/c1-34-12-11-30(27(33)19-6-4-7-20(28)14-19)17-26(32)31-22(16-21(29-31)25-8-5-13-37-25)18-9-10-23(35-2)24(15-18)36-3/h4-10,13-15,22H,11-12,16-17H2,1-3H3/t22-/m0/s1. The Bertz CT molecular complexity index is 1280. The first-order valence-corrected chi connectivity index (χ1v) is 12.5. The Morgan fingerprint density at radius 2 is 1.89 bits per heavy atom. The molecule has 0 fully saturated rings. The van der Waals surface area contributed by atoms with E-state index in [1.165, 1.54) is 35.2 Å². The second-order valence-electron chi connectivity index (χ2n) is 8.33. The molecule has 4 rings (SSSR count). The SMILES string of the molecule is COCCN(CC(=O)N1N=C(c2cccs2)C[C@H]1c1ccc(OC)c(OC)c1)C(=O)c1cccc(F)c1. The summed E-state index contributed by atoms with van der Waals surface area (Å²) in [4.78, 5) is 29.2. The van der Waals surface area contributed by atoms with Crippen LogP contribution in [0.1, 0.15) is 33.3 Å². The van der Waals surface area contributed by atoms with Crippen molar-refractivity contribution < 1.29 is 28.2 Å². The molecule has 1 aromatic heterocycles. The zero-order valence-corrected chi connectivity index (χ0v) is 21.7. The Morgan fingerprint density at radius 1 is 1.08 bits per heavy atom. The molecule has 1 atom stereocenters. The van der Waals surface area contributed by atoms with Crippen LogP contribution in [0.25, 0.3) is 0 Å². The zero-order chi connectivity index (χ0) is 26.4. The van der Waals surface area contributed by atoms with Crippen LogP contribution in [-0.4, -0.2) is 68.5 Å². The van der Waals surface area contributed by atoms with E-state index in [1.54, 1.807) is 31.6 Å². The number of carbonyl (C=O) groups excluding carboxylic acids is 2. The summed E-state index contributed by atoms with van der Waals surface area (Å²) in [5.74, 6) is -0.239. The van der Waals surface area contributed by atoms with Crippen molar-refractivity contribution in [3.63, 3.8) is 0 Å². The molecule has 0 unspecified atom stereocenters. The van der Waals surface area contributed by atoms with Crippen molar-refractivity contribution >= 4 is 28.9 Å². The molecule has 0 aliphatic carbocycles. The lowest BCUT2D eigenvalue weighted by atomic mass is 10.0. The van der Waals surface area contributed by atoms with Crippen LogP contribution in [-0.2, 0) is 9.53 Å². The van der Waals surface area contributed by atoms with Crippen molar-refractivity contribution in [3.05, 3.63) is 81.8 Å². The minimum Gasteiger partial charge on any atom is -0.493 e. The van der Waals surface area contributed by atoms with Crippen LogP contribution in [0.3, 0.4) is 0 Å². The smallest absolute Gasteiger partial charge is 0.262 e. The molecular weight excluding hydrogens is 497 g/mol. The van der Waals surface area contributed by atoms with Gasteiger partial charge in [0.25, 0.3) is 11.8 Å². The number of hydrazone groups is 1. The third kappa shape index (κ3) is 5.98. The predicted molar refractivity (Wildman–Crippen MR) is 139 cm³/mol. The fourth-order valence-electron chi connectivity index (χ4n) is 4.15. The number of rotatable bonds is 10. The molecule has 3 aromatic rings. The Kier molecular flexibility index (Phi) is 8.52. The van der Waals surface area contributed by atoms with Crippen LogP contribution in [0.2, 0.25) is 0 Å². The Balaban J connectivity index is 1.64. The third-order valence-electron chi connectivity index (χ3n) is 6.01. The number of carbonyl (C=O) groups is 2. The molecule has 10 heteroatoms. The number of amides is 2. The second-order valence-corrected chi connectivity index (χ2v) is 9.27. The highest BCUT2D eigenvalue weighted by atomic mass is 32.1. The average molecular weight is 526 g/mol. The van der Waals surface area contributed by atoms with Gasteiger partial charge in [0.2, 0.25) is 0 Å². The quantitative estimate of drug-likeness (QED) is 0.393. The van der Waals surface area contributed by atoms with Gasteiger partial charge in [-0.1, -0.05) is 18.2 Å². The normalized spacial score (nSPS) is 14.9. The van der Waals surface area contributed by atoms with E-state index in [9.17, 15) is 14.0 Å². The highest BCUT2D eigenvalue weighted by molar-refractivity contribution is 7.12. The van der Waals surface area contributed by atoms with Crippen molar-refractivity contribution in [2.75, 3.05) is 41.0 Å². The van der Waals surface area contributed by atoms with Gasteiger partial charge in [0, 0.05) is 25.6 Å². The van der Waals surface area contributed by atoms with Crippen LogP contribution in [0.15, 0.2) is 65.1 Å². The van der Waals surface area contributed by atoms with E-state index >= 15 is 0 Å². The summed E-state index contributed by atoms with van der Waals surface area (Å²) in [5.41, 5.74) is 1.76. The summed E-state index contributed by atoms with van der Waals surface area (Å²) < 4.78 is 29.8. The molecule has 0 bridgehead atoms. The van der Waals surface area contributed by atoms with Crippen LogP contribution < -0.4 is 9.47 Å². The lowest BCUT2D eigenvalue weighted by Gasteiger charge is -2.27. The predicted octanol–water partition coefficient (Wildman–Crippen LogP) is 4.37. The summed E-state index contributed by atoms with van der Waals surface area (Å²) >= 11 is 1.54. The summed E-state index contributed by atoms with van der Waals surface area (Å²) in [6.07, 6.45) is 0.498. The van der Waals surface area contributed by atoms with Gasteiger partial charge >= 0.3 is 0 Å². The number of ether oxygens (including phenoxy) is 3. The second kappa shape index (κ2) is 12.0. The monoisotopic (exact) mass is 525 g/mol. The summed E-state index contributed by atoms with van der Waals surface area (Å²) in [6.45, 7) is 0.134. The molecule has 194 valence electrons. The van der Waals surface area contributed by atoms with Crippen molar-refractivity contribution in [1.29, 1.82) is 0 Å². The van der Waals surface area contributed by atoms with E-state index in [2.05, 4.69) is 5.10 Å². The van der Waals surface area contributed by atoms with E-state index in [1.807, 2.05) is 29.6 Å². The van der Waals surface area contributed by atoms with Crippen LogP contribution >= 0.6 is 11.3 Å². The van der Waals surface area contributed by atoms with E-state index < -0.39 is 17.8 Å². The van der Waals surface area contributed by atoms with Crippen LogP contribution in [0, 0.1) is 5.82 Å². The van der Waals surface area contributed by atoms with Gasteiger partial charge in [0.1, 0.15) is 12.4 Å². The average Bonchev–Trinajstić information content (AvgIpc) is 3.60. The lowest BCUT2D eigenvalue weighted by Crippen LogP contribution is -2.42. The van der Waals surface area contributed by atoms with Gasteiger partial charge < -0.3 is 19.1 Å². The highest BCUT2D eigenvalue weighted by Crippen LogP contribution is 2.38. The Morgan fingerprint density at radius 3 is 2.57 bits per heavy atom. The maximum atomic E-state index is 13.8. The van der Waals surface area contributed by atoms with E-state index in [0.29, 0.717) is 17.9 Å². The number of hydrogen-bond donors (Lipinski definition) is 0. The van der Waals surface area contributed by atoms with E-state index in [0.717, 1.165) is 22.2 Å². The van der Waals surface area contributed by atoms with Crippen molar-refractivity contribution in [2.45, 2.75) is 12.5 Å². The first-order chi connectivity index (χ1) is 17.9. The van der Waals surface area contributed by atoms with Crippen molar-refractivity contribution in [1.82, 2.24) is 9.91 Å². The molecule has 2 aromatic carbocycles. The van der Waals surface area contributed by atoms with E-state index in [-0.39, 0.29) is 31.2 Å². The molecule has 1 aliphatic rings. The molecule has 0 saturated heterocycles. The zero-order valence-electron chi connectivity index (χ0n) is 20.8. The molecule has 37 heavy (non-hydrogen) atoms. The molecule has 0 radical (unpaired) electrons. The molecule has 0 spiro atoms. The number of methoxy groups -OCH3 is 3. The first-order valence-electron chi connectivity index (χ1n) is 11.6. The minimum atomic E-state index is -0.526. The maximum absolute atomic E-state index is 13.8. The lowest BCUT2D eigenvalue weighted by molar-refractivity contribution is -0.133. The van der Waals surface area contributed by atoms with Gasteiger partial charge in [-0.05, 0) is 47.3 Å². The summed E-state index contributed by atoms with van der Waals surface area (Å²) in [7, 11) is 4.63. The summed E-state index contributed by atoms with van der Waals surface area (Å²) in [5, 5.41) is 8.06. The van der Waals surface area contributed by atoms with Gasteiger partial charge in [-0.25, -0.2) is 9.40 Å². The largest absolute Gasteiger partial charge is 0.493 e. The number of benzene rings is 2. The van der Waals surface area contributed by atoms with E-state index in [4.69, 9.17) is 14.2 Å². The number of hydrogen-bond acceptors (Lipinski definition) is 7. The third-order valence-corrected chi connectivity index (χ3v) is 6.93. The van der Waals surface area contributed by atoms with Gasteiger partial charge in [-0.3, -0.25) is 9.59 Å². The van der Waals surface area contributed by atoms with Gasteiger partial charge in [-0.15, -0.1) is 11.3 Å². The maximum Gasteiger partial charge on any atom is 0.262 e. The van der Waals surface area contributed by atoms with Gasteiger partial charge in [-0.2, -0.15) is 5.10 Å². The molecule has 1 aliphatic heterocycles. The Labute approximate surface area is 218 Å². The first kappa shape index (κ1) is 26.3. The van der Waals surface area contributed by atoms with Crippen molar-refractivity contribution in [3.8, 4) is 11.5 Å². The molecule has 0 N–H and O–H groups in total. The van der Waals surface area contributed by atoms with Crippen LogP contribution in [0.5, 0.6) is 11.5 Å². The number of halogens is 1.